The third kappa shape index (κ3) is 4.50. The molecule has 0 saturated carbocycles. The Balaban J connectivity index is 2.37. The largest absolute Gasteiger partial charge is 0.322 e. The maximum Gasteiger partial charge on any atom is 0.266 e. The minimum atomic E-state index is -3.96. The summed E-state index contributed by atoms with van der Waals surface area (Å²) >= 11 is 8.18. The SMILES string of the molecule is CON(C)S(=O)(=O)c1cc(C(=O)Nc2ccc(I)cc2C)ccc1Cl. The molecular weight excluding hydrogens is 479 g/mol. The van der Waals surface area contributed by atoms with E-state index < -0.39 is 15.9 Å². The molecule has 2 aromatic carbocycles. The van der Waals surface area contributed by atoms with Crippen LogP contribution in [0.3, 0.4) is 0 Å². The van der Waals surface area contributed by atoms with Crippen molar-refractivity contribution in [2.75, 3.05) is 19.5 Å². The van der Waals surface area contributed by atoms with Gasteiger partial charge in [-0.05, 0) is 71.5 Å². The van der Waals surface area contributed by atoms with Crippen molar-refractivity contribution in [3.63, 3.8) is 0 Å². The van der Waals surface area contributed by atoms with E-state index in [0.717, 1.165) is 9.13 Å². The van der Waals surface area contributed by atoms with Gasteiger partial charge in [0.1, 0.15) is 4.90 Å². The number of anilines is 1. The zero-order valence-corrected chi connectivity index (χ0v) is 17.4. The lowest BCUT2D eigenvalue weighted by Crippen LogP contribution is -2.26. The minimum absolute atomic E-state index is 0.00546. The van der Waals surface area contributed by atoms with Crippen LogP contribution in [0.1, 0.15) is 15.9 Å². The van der Waals surface area contributed by atoms with E-state index in [0.29, 0.717) is 10.2 Å². The molecule has 2 aromatic rings. The van der Waals surface area contributed by atoms with Crippen LogP contribution in [0.5, 0.6) is 0 Å². The number of nitrogens with one attached hydrogen (secondary N) is 1. The summed E-state index contributed by atoms with van der Waals surface area (Å²) < 4.78 is 26.5. The van der Waals surface area contributed by atoms with E-state index in [1.807, 2.05) is 19.1 Å². The fourth-order valence-electron chi connectivity index (χ4n) is 2.04. The molecular formula is C16H16ClIN2O4S. The van der Waals surface area contributed by atoms with Crippen molar-refractivity contribution in [3.05, 3.63) is 56.1 Å². The lowest BCUT2D eigenvalue weighted by Gasteiger charge is -2.16. The molecule has 0 aliphatic heterocycles. The predicted octanol–water partition coefficient (Wildman–Crippen LogP) is 3.69. The monoisotopic (exact) mass is 494 g/mol. The average Bonchev–Trinajstić information content (AvgIpc) is 2.56. The number of hydrogen-bond acceptors (Lipinski definition) is 4. The lowest BCUT2D eigenvalue weighted by molar-refractivity contribution is -0.0258. The van der Waals surface area contributed by atoms with Crippen LogP contribution in [0.25, 0.3) is 0 Å². The van der Waals surface area contributed by atoms with Gasteiger partial charge in [-0.25, -0.2) is 8.42 Å². The summed E-state index contributed by atoms with van der Waals surface area (Å²) in [5.41, 5.74) is 1.73. The fourth-order valence-corrected chi connectivity index (χ4v) is 4.16. The van der Waals surface area contributed by atoms with Gasteiger partial charge in [0.25, 0.3) is 15.9 Å². The summed E-state index contributed by atoms with van der Waals surface area (Å²) in [6.07, 6.45) is 0. The summed E-state index contributed by atoms with van der Waals surface area (Å²) in [4.78, 5) is 17.0. The molecule has 0 fully saturated rings. The van der Waals surface area contributed by atoms with E-state index in [1.165, 1.54) is 32.4 Å². The summed E-state index contributed by atoms with van der Waals surface area (Å²) in [7, 11) is -1.50. The summed E-state index contributed by atoms with van der Waals surface area (Å²) in [5, 5.41) is 2.78. The second kappa shape index (κ2) is 8.00. The number of hydroxylamine groups is 1. The van der Waals surface area contributed by atoms with Gasteiger partial charge in [0, 0.05) is 21.9 Å². The first-order valence-corrected chi connectivity index (χ1v) is 9.96. The van der Waals surface area contributed by atoms with E-state index in [2.05, 4.69) is 27.9 Å². The second-order valence-electron chi connectivity index (χ2n) is 5.16. The number of amides is 1. The molecule has 6 nitrogen and oxygen atoms in total. The first kappa shape index (κ1) is 20.1. The highest BCUT2D eigenvalue weighted by Crippen LogP contribution is 2.26. The molecule has 0 aliphatic carbocycles. The molecule has 0 spiro atoms. The molecule has 134 valence electrons. The number of hydrogen-bond donors (Lipinski definition) is 1. The van der Waals surface area contributed by atoms with E-state index >= 15 is 0 Å². The Morgan fingerprint density at radius 2 is 1.92 bits per heavy atom. The van der Waals surface area contributed by atoms with E-state index in [-0.39, 0.29) is 15.5 Å². The van der Waals surface area contributed by atoms with Crippen molar-refractivity contribution >= 4 is 55.8 Å². The molecule has 0 aromatic heterocycles. The molecule has 0 aliphatic rings. The highest BCUT2D eigenvalue weighted by Gasteiger charge is 2.25. The van der Waals surface area contributed by atoms with E-state index in [9.17, 15) is 13.2 Å². The summed E-state index contributed by atoms with van der Waals surface area (Å²) in [6.45, 7) is 1.88. The van der Waals surface area contributed by atoms with E-state index in [1.54, 1.807) is 6.07 Å². The van der Waals surface area contributed by atoms with Gasteiger partial charge in [-0.15, -0.1) is 0 Å². The molecule has 25 heavy (non-hydrogen) atoms. The Morgan fingerprint density at radius 3 is 2.52 bits per heavy atom. The van der Waals surface area contributed by atoms with Crippen LogP contribution in [0.15, 0.2) is 41.3 Å². The Hall–Kier alpha value is -1.20. The van der Waals surface area contributed by atoms with Crippen LogP contribution in [0.4, 0.5) is 5.69 Å². The maximum atomic E-state index is 12.5. The van der Waals surface area contributed by atoms with Crippen molar-refractivity contribution < 1.29 is 18.0 Å². The number of aryl methyl sites for hydroxylation is 1. The third-order valence-electron chi connectivity index (χ3n) is 3.50. The maximum absolute atomic E-state index is 12.5. The van der Waals surface area contributed by atoms with Crippen molar-refractivity contribution in [1.29, 1.82) is 0 Å². The van der Waals surface area contributed by atoms with Crippen LogP contribution < -0.4 is 5.32 Å². The molecule has 0 radical (unpaired) electrons. The zero-order valence-electron chi connectivity index (χ0n) is 13.7. The second-order valence-corrected chi connectivity index (χ2v) is 8.71. The molecule has 0 bridgehead atoms. The molecule has 0 unspecified atom stereocenters. The highest BCUT2D eigenvalue weighted by molar-refractivity contribution is 14.1. The van der Waals surface area contributed by atoms with Crippen molar-refractivity contribution in [3.8, 4) is 0 Å². The number of carbonyl (C=O) groups is 1. The van der Waals surface area contributed by atoms with Crippen molar-refractivity contribution in [1.82, 2.24) is 4.47 Å². The summed E-state index contributed by atoms with van der Waals surface area (Å²) in [6, 6.07) is 9.65. The molecule has 1 amide bonds. The Morgan fingerprint density at radius 1 is 1.24 bits per heavy atom. The predicted molar refractivity (Wildman–Crippen MR) is 105 cm³/mol. The Bertz CT molecular complexity index is 918. The van der Waals surface area contributed by atoms with Gasteiger partial charge in [-0.2, -0.15) is 0 Å². The topological polar surface area (TPSA) is 75.7 Å². The van der Waals surface area contributed by atoms with Gasteiger partial charge in [0.2, 0.25) is 0 Å². The zero-order chi connectivity index (χ0) is 18.8. The van der Waals surface area contributed by atoms with Crippen molar-refractivity contribution in [2.45, 2.75) is 11.8 Å². The summed E-state index contributed by atoms with van der Waals surface area (Å²) in [5.74, 6) is -0.433. The number of sulfonamides is 1. The standard InChI is InChI=1S/C16H16ClIN2O4S/c1-10-8-12(18)5-7-14(10)19-16(21)11-4-6-13(17)15(9-11)25(22,23)20(2)24-3/h4-9H,1-3H3,(H,19,21). The number of halogens is 2. The van der Waals surface area contributed by atoms with Gasteiger partial charge in [0.05, 0.1) is 12.1 Å². The number of nitrogens with zero attached hydrogens (tertiary/aromatic N) is 1. The highest BCUT2D eigenvalue weighted by atomic mass is 127. The van der Waals surface area contributed by atoms with Gasteiger partial charge < -0.3 is 5.32 Å². The first-order chi connectivity index (χ1) is 11.7. The van der Waals surface area contributed by atoms with Crippen LogP contribution in [-0.4, -0.2) is 33.0 Å². The van der Waals surface area contributed by atoms with Crippen LogP contribution in [-0.2, 0) is 14.9 Å². The smallest absolute Gasteiger partial charge is 0.266 e. The Kier molecular flexibility index (Phi) is 6.44. The lowest BCUT2D eigenvalue weighted by atomic mass is 10.1. The van der Waals surface area contributed by atoms with Gasteiger partial charge >= 0.3 is 0 Å². The molecule has 1 N–H and O–H groups in total. The molecule has 0 atom stereocenters. The first-order valence-electron chi connectivity index (χ1n) is 7.07. The molecule has 2 rings (SSSR count). The van der Waals surface area contributed by atoms with Crippen LogP contribution >= 0.6 is 34.2 Å². The van der Waals surface area contributed by atoms with Gasteiger partial charge in [-0.1, -0.05) is 16.1 Å². The molecule has 0 saturated heterocycles. The minimum Gasteiger partial charge on any atom is -0.322 e. The van der Waals surface area contributed by atoms with Crippen molar-refractivity contribution in [2.24, 2.45) is 0 Å². The van der Waals surface area contributed by atoms with Crippen LogP contribution in [0, 0.1) is 10.5 Å². The fraction of sp³-hybridized carbons (Fsp3) is 0.188. The van der Waals surface area contributed by atoms with Gasteiger partial charge in [-0.3, -0.25) is 9.63 Å². The van der Waals surface area contributed by atoms with E-state index in [4.69, 9.17) is 16.4 Å². The molecule has 0 heterocycles. The van der Waals surface area contributed by atoms with Crippen LogP contribution in [0.2, 0.25) is 5.02 Å². The number of benzene rings is 2. The third-order valence-corrected chi connectivity index (χ3v) is 6.34. The number of carbonyl (C=O) groups excluding carboxylic acids is 1. The average molecular weight is 495 g/mol. The molecule has 9 heteroatoms. The van der Waals surface area contributed by atoms with Gasteiger partial charge in [0.15, 0.2) is 0 Å². The Labute approximate surface area is 165 Å². The normalized spacial score (nSPS) is 11.6. The number of rotatable bonds is 5. The quantitative estimate of drug-likeness (QED) is 0.508.